The number of pyridine rings is 1. The standard InChI is InChI=1S/C14H17N3O2S/c1-8-3-4-9-10(15)11(20-13(9)16-8)12(19)17-14(7-18)5-2-6-14/h3-4,18H,2,5-7,15H2,1H3,(H,17,19). The lowest BCUT2D eigenvalue weighted by atomic mass is 9.77. The van der Waals surface area contributed by atoms with Crippen molar-refractivity contribution in [3.63, 3.8) is 0 Å². The van der Waals surface area contributed by atoms with Crippen LogP contribution in [0.25, 0.3) is 10.2 Å². The van der Waals surface area contributed by atoms with E-state index in [0.29, 0.717) is 10.6 Å². The second-order valence-electron chi connectivity index (χ2n) is 5.40. The molecule has 0 radical (unpaired) electrons. The molecule has 2 aromatic rings. The number of aromatic nitrogens is 1. The zero-order valence-electron chi connectivity index (χ0n) is 11.3. The van der Waals surface area contributed by atoms with Gasteiger partial charge in [-0.05, 0) is 38.3 Å². The number of fused-ring (bicyclic) bond motifs is 1. The van der Waals surface area contributed by atoms with Gasteiger partial charge < -0.3 is 16.2 Å². The Balaban J connectivity index is 1.93. The molecule has 0 aromatic carbocycles. The summed E-state index contributed by atoms with van der Waals surface area (Å²) in [5, 5.41) is 13.2. The molecular formula is C14H17N3O2S. The number of amides is 1. The fourth-order valence-corrected chi connectivity index (χ4v) is 3.52. The topological polar surface area (TPSA) is 88.2 Å². The number of rotatable bonds is 3. The highest BCUT2D eigenvalue weighted by atomic mass is 32.1. The van der Waals surface area contributed by atoms with Crippen LogP contribution < -0.4 is 11.1 Å². The number of carbonyl (C=O) groups excluding carboxylic acids is 1. The van der Waals surface area contributed by atoms with Crippen molar-refractivity contribution in [1.82, 2.24) is 10.3 Å². The Morgan fingerprint density at radius 3 is 2.90 bits per heavy atom. The van der Waals surface area contributed by atoms with Crippen LogP contribution in [0.2, 0.25) is 0 Å². The maximum atomic E-state index is 12.4. The van der Waals surface area contributed by atoms with E-state index >= 15 is 0 Å². The average Bonchev–Trinajstić information content (AvgIpc) is 2.70. The third kappa shape index (κ3) is 2.05. The third-order valence-electron chi connectivity index (χ3n) is 3.93. The minimum absolute atomic E-state index is 0.0269. The average molecular weight is 291 g/mol. The SMILES string of the molecule is Cc1ccc2c(N)c(C(=O)NC3(CO)CCC3)sc2n1. The molecule has 1 amide bonds. The number of anilines is 1. The number of hydrogen-bond acceptors (Lipinski definition) is 5. The number of carbonyl (C=O) groups is 1. The van der Waals surface area contributed by atoms with E-state index in [1.165, 1.54) is 11.3 Å². The van der Waals surface area contributed by atoms with Gasteiger partial charge in [0.2, 0.25) is 0 Å². The van der Waals surface area contributed by atoms with Gasteiger partial charge in [-0.15, -0.1) is 11.3 Å². The zero-order valence-corrected chi connectivity index (χ0v) is 12.1. The summed E-state index contributed by atoms with van der Waals surface area (Å²) in [5.74, 6) is -0.211. The van der Waals surface area contributed by atoms with E-state index in [-0.39, 0.29) is 12.5 Å². The number of aryl methyl sites for hydroxylation is 1. The van der Waals surface area contributed by atoms with Crippen molar-refractivity contribution in [3.8, 4) is 0 Å². The van der Waals surface area contributed by atoms with Crippen molar-refractivity contribution in [2.24, 2.45) is 0 Å². The van der Waals surface area contributed by atoms with E-state index < -0.39 is 5.54 Å². The van der Waals surface area contributed by atoms with Crippen molar-refractivity contribution in [3.05, 3.63) is 22.7 Å². The van der Waals surface area contributed by atoms with Crippen LogP contribution in [0.1, 0.15) is 34.6 Å². The van der Waals surface area contributed by atoms with Gasteiger partial charge in [0.05, 0.1) is 17.8 Å². The fourth-order valence-electron chi connectivity index (χ4n) is 2.48. The van der Waals surface area contributed by atoms with Crippen molar-refractivity contribution in [2.45, 2.75) is 31.7 Å². The van der Waals surface area contributed by atoms with E-state index in [2.05, 4.69) is 10.3 Å². The van der Waals surface area contributed by atoms with Crippen LogP contribution in [0.4, 0.5) is 5.69 Å². The molecule has 0 unspecified atom stereocenters. The van der Waals surface area contributed by atoms with Gasteiger partial charge >= 0.3 is 0 Å². The minimum atomic E-state index is -0.455. The molecule has 20 heavy (non-hydrogen) atoms. The Labute approximate surface area is 120 Å². The number of thiophene rings is 1. The molecule has 1 fully saturated rings. The first-order chi connectivity index (χ1) is 9.54. The second-order valence-corrected chi connectivity index (χ2v) is 6.40. The number of aliphatic hydroxyl groups excluding tert-OH is 1. The van der Waals surface area contributed by atoms with Crippen LogP contribution in [0.15, 0.2) is 12.1 Å². The summed E-state index contributed by atoms with van der Waals surface area (Å²) in [7, 11) is 0. The van der Waals surface area contributed by atoms with Crippen LogP contribution in [0, 0.1) is 6.92 Å². The van der Waals surface area contributed by atoms with Gasteiger partial charge in [-0.2, -0.15) is 0 Å². The lowest BCUT2D eigenvalue weighted by molar-refractivity contribution is 0.0646. The molecule has 0 atom stereocenters. The van der Waals surface area contributed by atoms with Gasteiger partial charge in [0.1, 0.15) is 9.71 Å². The Hall–Kier alpha value is -1.66. The largest absolute Gasteiger partial charge is 0.397 e. The summed E-state index contributed by atoms with van der Waals surface area (Å²) >= 11 is 1.30. The van der Waals surface area contributed by atoms with Gasteiger partial charge in [-0.25, -0.2) is 4.98 Å². The summed E-state index contributed by atoms with van der Waals surface area (Å²) in [4.78, 5) is 18.0. The second kappa shape index (κ2) is 4.71. The molecule has 0 saturated heterocycles. The number of nitrogen functional groups attached to an aromatic ring is 1. The van der Waals surface area contributed by atoms with Crippen molar-refractivity contribution in [2.75, 3.05) is 12.3 Å². The molecule has 6 heteroatoms. The van der Waals surface area contributed by atoms with Gasteiger partial charge in [-0.1, -0.05) is 0 Å². The van der Waals surface area contributed by atoms with E-state index in [1.807, 2.05) is 19.1 Å². The van der Waals surface area contributed by atoms with Gasteiger partial charge in [0.25, 0.3) is 5.91 Å². The summed E-state index contributed by atoms with van der Waals surface area (Å²) in [6.45, 7) is 1.88. The third-order valence-corrected chi connectivity index (χ3v) is 5.05. The molecule has 1 aliphatic rings. The molecule has 0 aliphatic heterocycles. The predicted molar refractivity (Wildman–Crippen MR) is 79.9 cm³/mol. The minimum Gasteiger partial charge on any atom is -0.397 e. The molecule has 5 nitrogen and oxygen atoms in total. The summed E-state index contributed by atoms with van der Waals surface area (Å²) < 4.78 is 0. The Kier molecular flexibility index (Phi) is 3.14. The number of nitrogens with zero attached hydrogens (tertiary/aromatic N) is 1. The summed E-state index contributed by atoms with van der Waals surface area (Å²) in [6, 6.07) is 3.78. The van der Waals surface area contributed by atoms with Gasteiger partial charge in [0.15, 0.2) is 0 Å². The number of hydrogen-bond donors (Lipinski definition) is 3. The Morgan fingerprint density at radius 1 is 1.55 bits per heavy atom. The zero-order chi connectivity index (χ0) is 14.3. The maximum Gasteiger partial charge on any atom is 0.264 e. The summed E-state index contributed by atoms with van der Waals surface area (Å²) in [5.41, 5.74) is 6.98. The van der Waals surface area contributed by atoms with Crippen molar-refractivity contribution in [1.29, 1.82) is 0 Å². The van der Waals surface area contributed by atoms with E-state index in [9.17, 15) is 9.90 Å². The lowest BCUT2D eigenvalue weighted by Gasteiger charge is -2.40. The molecule has 4 N–H and O–H groups in total. The smallest absolute Gasteiger partial charge is 0.264 e. The van der Waals surface area contributed by atoms with Gasteiger partial charge in [-0.3, -0.25) is 4.79 Å². The molecule has 1 aliphatic carbocycles. The monoisotopic (exact) mass is 291 g/mol. The number of nitrogens with two attached hydrogens (primary N) is 1. The molecule has 0 spiro atoms. The number of nitrogens with one attached hydrogen (secondary N) is 1. The van der Waals surface area contributed by atoms with Crippen molar-refractivity contribution < 1.29 is 9.90 Å². The quantitative estimate of drug-likeness (QED) is 0.805. The molecule has 1 saturated carbocycles. The highest BCUT2D eigenvalue weighted by Crippen LogP contribution is 2.35. The predicted octanol–water partition coefficient (Wildman–Crippen LogP) is 1.83. The van der Waals surface area contributed by atoms with E-state index in [0.717, 1.165) is 35.2 Å². The number of aliphatic hydroxyl groups is 1. The van der Waals surface area contributed by atoms with Gasteiger partial charge in [0, 0.05) is 11.1 Å². The molecule has 3 rings (SSSR count). The normalized spacial score (nSPS) is 16.9. The van der Waals surface area contributed by atoms with Crippen LogP contribution in [-0.4, -0.2) is 28.1 Å². The molecule has 2 aromatic heterocycles. The Bertz CT molecular complexity index is 671. The van der Waals surface area contributed by atoms with Crippen LogP contribution in [-0.2, 0) is 0 Å². The summed E-state index contributed by atoms with van der Waals surface area (Å²) in [6.07, 6.45) is 2.66. The molecule has 0 bridgehead atoms. The highest BCUT2D eigenvalue weighted by molar-refractivity contribution is 7.21. The van der Waals surface area contributed by atoms with Crippen LogP contribution in [0.3, 0.4) is 0 Å². The first-order valence-electron chi connectivity index (χ1n) is 6.64. The Morgan fingerprint density at radius 2 is 2.30 bits per heavy atom. The highest BCUT2D eigenvalue weighted by Gasteiger charge is 2.38. The lowest BCUT2D eigenvalue weighted by Crippen LogP contribution is -2.56. The molecule has 106 valence electrons. The van der Waals surface area contributed by atoms with Crippen molar-refractivity contribution >= 4 is 33.1 Å². The van der Waals surface area contributed by atoms with Crippen LogP contribution >= 0.6 is 11.3 Å². The molecular weight excluding hydrogens is 274 g/mol. The first-order valence-corrected chi connectivity index (χ1v) is 7.45. The van der Waals surface area contributed by atoms with Crippen LogP contribution in [0.5, 0.6) is 0 Å². The van der Waals surface area contributed by atoms with E-state index in [4.69, 9.17) is 5.73 Å². The first kappa shape index (κ1) is 13.3. The van der Waals surface area contributed by atoms with E-state index in [1.54, 1.807) is 0 Å². The maximum absolute atomic E-state index is 12.4. The molecule has 2 heterocycles. The fraction of sp³-hybridized carbons (Fsp3) is 0.429.